The van der Waals surface area contributed by atoms with Gasteiger partial charge in [0.2, 0.25) is 23.6 Å². The molecule has 0 aliphatic rings. The topological polar surface area (TPSA) is 295 Å². The van der Waals surface area contributed by atoms with Crippen LogP contribution in [-0.2, 0) is 28.8 Å². The first kappa shape index (κ1) is 29.1. The highest BCUT2D eigenvalue weighted by Crippen LogP contribution is 2.04. The number of hydrogen-bond acceptors (Lipinski definition) is 8. The first-order valence-electron chi connectivity index (χ1n) is 9.74. The number of carboxylic acid groups (broad SMARTS) is 2. The highest BCUT2D eigenvalue weighted by Gasteiger charge is 2.29. The standard InChI is InChI=1S/C17H30N8O8/c18-8(6-12(27)28)14(31)24-10(3-4-11(19)26)16(33)25-9(2-1-5-22-17(20)21)15(32)23-7-13(29)30/h8-10H,1-7,18H2,(H2,19,26)(H,23,32)(H,24,31)(H,25,33)(H,27,28)(H,29,30)(H4,20,21,22). The van der Waals surface area contributed by atoms with Gasteiger partial charge in [-0.2, -0.15) is 0 Å². The van der Waals surface area contributed by atoms with E-state index in [9.17, 15) is 28.8 Å². The maximum Gasteiger partial charge on any atom is 0.322 e. The summed E-state index contributed by atoms with van der Waals surface area (Å²) in [6.45, 7) is -0.586. The Morgan fingerprint density at radius 1 is 0.818 bits per heavy atom. The summed E-state index contributed by atoms with van der Waals surface area (Å²) < 4.78 is 0. The number of nitrogens with zero attached hydrogens (tertiary/aromatic N) is 1. The molecule has 0 aliphatic heterocycles. The van der Waals surface area contributed by atoms with Crippen LogP contribution in [0, 0.1) is 0 Å². The van der Waals surface area contributed by atoms with E-state index in [2.05, 4.69) is 20.9 Å². The van der Waals surface area contributed by atoms with Gasteiger partial charge in [-0.3, -0.25) is 33.8 Å². The Hall–Kier alpha value is -3.95. The Labute approximate surface area is 188 Å². The van der Waals surface area contributed by atoms with Crippen molar-refractivity contribution in [3.05, 3.63) is 0 Å². The van der Waals surface area contributed by atoms with Gasteiger partial charge in [0.15, 0.2) is 5.96 Å². The van der Waals surface area contributed by atoms with Crippen LogP contribution in [0.4, 0.5) is 0 Å². The summed E-state index contributed by atoms with van der Waals surface area (Å²) in [5.74, 6) is -6.30. The summed E-state index contributed by atoms with van der Waals surface area (Å²) in [5, 5.41) is 24.2. The Kier molecular flexibility index (Phi) is 13.2. The molecule has 0 aromatic heterocycles. The third-order valence-electron chi connectivity index (χ3n) is 4.04. The molecule has 13 N–H and O–H groups in total. The van der Waals surface area contributed by atoms with Gasteiger partial charge in [-0.25, -0.2) is 0 Å². The molecule has 0 radical (unpaired) electrons. The number of rotatable bonds is 16. The second-order valence-corrected chi connectivity index (χ2v) is 6.89. The summed E-state index contributed by atoms with van der Waals surface area (Å²) in [5.41, 5.74) is 21.0. The first-order chi connectivity index (χ1) is 15.3. The lowest BCUT2D eigenvalue weighted by Crippen LogP contribution is -2.56. The van der Waals surface area contributed by atoms with Gasteiger partial charge < -0.3 is 49.1 Å². The number of guanidine groups is 1. The largest absolute Gasteiger partial charge is 0.481 e. The van der Waals surface area contributed by atoms with Crippen molar-refractivity contribution in [2.24, 2.45) is 27.9 Å². The van der Waals surface area contributed by atoms with Crippen molar-refractivity contribution < 1.29 is 39.0 Å². The highest BCUT2D eigenvalue weighted by molar-refractivity contribution is 5.94. The van der Waals surface area contributed by atoms with Crippen molar-refractivity contribution in [3.63, 3.8) is 0 Å². The van der Waals surface area contributed by atoms with Crippen molar-refractivity contribution in [3.8, 4) is 0 Å². The van der Waals surface area contributed by atoms with Crippen LogP contribution < -0.4 is 38.9 Å². The number of carboxylic acids is 2. The minimum Gasteiger partial charge on any atom is -0.481 e. The number of carbonyl (C=O) groups excluding carboxylic acids is 4. The summed E-state index contributed by atoms with van der Waals surface area (Å²) in [7, 11) is 0. The Bertz CT molecular complexity index is 768. The number of primary amides is 1. The van der Waals surface area contributed by atoms with E-state index in [0.717, 1.165) is 0 Å². The molecule has 0 fully saturated rings. The van der Waals surface area contributed by atoms with E-state index in [-0.39, 0.29) is 38.2 Å². The molecule has 186 valence electrons. The predicted molar refractivity (Wildman–Crippen MR) is 113 cm³/mol. The second kappa shape index (κ2) is 15.0. The van der Waals surface area contributed by atoms with Crippen LogP contribution >= 0.6 is 0 Å². The number of aliphatic imine (C=N–C) groups is 1. The summed E-state index contributed by atoms with van der Waals surface area (Å²) in [4.78, 5) is 73.5. The van der Waals surface area contributed by atoms with Crippen molar-refractivity contribution in [1.82, 2.24) is 16.0 Å². The fourth-order valence-corrected chi connectivity index (χ4v) is 2.45. The van der Waals surface area contributed by atoms with Crippen LogP contribution in [0.2, 0.25) is 0 Å². The van der Waals surface area contributed by atoms with Crippen LogP contribution in [0.25, 0.3) is 0 Å². The zero-order valence-electron chi connectivity index (χ0n) is 17.8. The van der Waals surface area contributed by atoms with Gasteiger partial charge in [0.1, 0.15) is 18.6 Å². The third-order valence-corrected chi connectivity index (χ3v) is 4.04. The lowest BCUT2D eigenvalue weighted by molar-refractivity contribution is -0.139. The van der Waals surface area contributed by atoms with Crippen molar-refractivity contribution >= 4 is 41.5 Å². The van der Waals surface area contributed by atoms with Crippen LogP contribution in [-0.4, -0.2) is 83.0 Å². The second-order valence-electron chi connectivity index (χ2n) is 6.89. The minimum absolute atomic E-state index is 0.00296. The average Bonchev–Trinajstić information content (AvgIpc) is 2.70. The number of nitrogens with one attached hydrogen (secondary N) is 3. The average molecular weight is 474 g/mol. The van der Waals surface area contributed by atoms with E-state index >= 15 is 0 Å². The van der Waals surface area contributed by atoms with Crippen LogP contribution in [0.5, 0.6) is 0 Å². The number of nitrogens with two attached hydrogens (primary N) is 4. The lowest BCUT2D eigenvalue weighted by Gasteiger charge is -2.23. The molecular weight excluding hydrogens is 444 g/mol. The van der Waals surface area contributed by atoms with Crippen LogP contribution in [0.3, 0.4) is 0 Å². The Morgan fingerprint density at radius 3 is 1.91 bits per heavy atom. The fraction of sp³-hybridized carbons (Fsp3) is 0.588. The van der Waals surface area contributed by atoms with Gasteiger partial charge in [-0.05, 0) is 19.3 Å². The van der Waals surface area contributed by atoms with E-state index in [0.29, 0.717) is 0 Å². The van der Waals surface area contributed by atoms with E-state index in [1.54, 1.807) is 0 Å². The maximum absolute atomic E-state index is 12.7. The van der Waals surface area contributed by atoms with Gasteiger partial charge in [0, 0.05) is 13.0 Å². The SMILES string of the molecule is NC(=O)CCC(NC(=O)C(N)CC(=O)O)C(=O)NC(CCCN=C(N)N)C(=O)NCC(=O)O. The zero-order valence-corrected chi connectivity index (χ0v) is 17.8. The van der Waals surface area contributed by atoms with E-state index < -0.39 is 66.7 Å². The Balaban J connectivity index is 5.40. The molecule has 33 heavy (non-hydrogen) atoms. The highest BCUT2D eigenvalue weighted by atomic mass is 16.4. The van der Waals surface area contributed by atoms with Gasteiger partial charge in [-0.1, -0.05) is 0 Å². The van der Waals surface area contributed by atoms with Gasteiger partial charge in [0.05, 0.1) is 12.5 Å². The minimum atomic E-state index is -1.47. The number of aliphatic carboxylic acids is 2. The van der Waals surface area contributed by atoms with Crippen LogP contribution in [0.1, 0.15) is 32.1 Å². The molecule has 16 nitrogen and oxygen atoms in total. The maximum atomic E-state index is 12.7. The van der Waals surface area contributed by atoms with Gasteiger partial charge in [-0.15, -0.1) is 0 Å². The van der Waals surface area contributed by atoms with E-state index in [1.807, 2.05) is 0 Å². The zero-order chi connectivity index (χ0) is 25.6. The molecule has 0 aliphatic carbocycles. The van der Waals surface area contributed by atoms with Crippen molar-refractivity contribution in [2.75, 3.05) is 13.1 Å². The molecule has 0 saturated heterocycles. The number of amides is 4. The first-order valence-corrected chi connectivity index (χ1v) is 9.74. The molecule has 3 unspecified atom stereocenters. The van der Waals surface area contributed by atoms with Crippen molar-refractivity contribution in [2.45, 2.75) is 50.2 Å². The predicted octanol–water partition coefficient (Wildman–Crippen LogP) is -4.72. The molecular formula is C17H30N8O8. The normalized spacial score (nSPS) is 13.0. The third kappa shape index (κ3) is 13.9. The number of carbonyl (C=O) groups is 6. The molecule has 0 spiro atoms. The quantitative estimate of drug-likeness (QED) is 0.0581. The molecule has 0 aromatic rings. The van der Waals surface area contributed by atoms with Gasteiger partial charge >= 0.3 is 11.9 Å². The molecule has 0 rings (SSSR count). The fourth-order valence-electron chi connectivity index (χ4n) is 2.45. The molecule has 0 saturated carbocycles. The molecule has 0 heterocycles. The molecule has 0 bridgehead atoms. The van der Waals surface area contributed by atoms with Crippen LogP contribution in [0.15, 0.2) is 4.99 Å². The summed E-state index contributed by atoms with van der Waals surface area (Å²) in [6, 6.07) is -4.08. The van der Waals surface area contributed by atoms with E-state index in [1.165, 1.54) is 0 Å². The summed E-state index contributed by atoms with van der Waals surface area (Å²) >= 11 is 0. The smallest absolute Gasteiger partial charge is 0.322 e. The Morgan fingerprint density at radius 2 is 1.39 bits per heavy atom. The van der Waals surface area contributed by atoms with Crippen molar-refractivity contribution in [1.29, 1.82) is 0 Å². The monoisotopic (exact) mass is 474 g/mol. The summed E-state index contributed by atoms with van der Waals surface area (Å²) in [6.07, 6.45) is -1.05. The lowest BCUT2D eigenvalue weighted by atomic mass is 10.1. The molecule has 4 amide bonds. The molecule has 3 atom stereocenters. The number of hydrogen-bond donors (Lipinski definition) is 9. The van der Waals surface area contributed by atoms with E-state index in [4.69, 9.17) is 33.1 Å². The van der Waals surface area contributed by atoms with Gasteiger partial charge in [0.25, 0.3) is 0 Å². The molecule has 0 aromatic carbocycles. The molecule has 16 heteroatoms.